The second-order valence-corrected chi connectivity index (χ2v) is 7.96. The number of carbonyl (C=O) groups excluding carboxylic acids is 4. The van der Waals surface area contributed by atoms with Crippen molar-refractivity contribution in [3.05, 3.63) is 53.1 Å². The van der Waals surface area contributed by atoms with Gasteiger partial charge in [0.15, 0.2) is 17.0 Å². The van der Waals surface area contributed by atoms with E-state index in [0.29, 0.717) is 4.90 Å². The molecular weight excluding hydrogens is 484 g/mol. The van der Waals surface area contributed by atoms with Crippen LogP contribution in [0.2, 0.25) is 5.02 Å². The van der Waals surface area contributed by atoms with E-state index in [2.05, 4.69) is 5.32 Å². The molecule has 2 aromatic rings. The highest BCUT2D eigenvalue weighted by atomic mass is 35.5. The van der Waals surface area contributed by atoms with Crippen LogP contribution >= 0.6 is 11.6 Å². The first-order chi connectivity index (χ1) is 16.4. The summed E-state index contributed by atoms with van der Waals surface area (Å²) in [5.41, 5.74) is 4.28. The van der Waals surface area contributed by atoms with Gasteiger partial charge in [-0.1, -0.05) is 23.7 Å². The van der Waals surface area contributed by atoms with E-state index < -0.39 is 41.7 Å². The van der Waals surface area contributed by atoms with E-state index in [-0.39, 0.29) is 27.8 Å². The van der Waals surface area contributed by atoms with Crippen molar-refractivity contribution >= 4 is 47.3 Å². The van der Waals surface area contributed by atoms with Crippen LogP contribution in [0.25, 0.3) is 0 Å². The number of hydrogen-bond donors (Lipinski definition) is 3. The molecule has 1 fully saturated rings. The molecule has 1 aliphatic rings. The summed E-state index contributed by atoms with van der Waals surface area (Å²) in [6.07, 6.45) is -3.24. The topological polar surface area (TPSA) is 169 Å². The molecule has 2 atom stereocenters. The Morgan fingerprint density at radius 3 is 2.26 bits per heavy atom. The minimum atomic E-state index is -2.26. The number of amides is 4. The molecule has 0 aliphatic carbocycles. The Morgan fingerprint density at radius 2 is 1.69 bits per heavy atom. The minimum absolute atomic E-state index is 0.0871. The molecular formula is C22H21ClN4O8. The molecule has 35 heavy (non-hydrogen) atoms. The van der Waals surface area contributed by atoms with Gasteiger partial charge in [0.2, 0.25) is 0 Å². The highest BCUT2D eigenvalue weighted by Gasteiger charge is 2.58. The first-order valence-corrected chi connectivity index (χ1v) is 10.4. The SMILES string of the molecule is CC(=O)Oc1ccc(C2(NC(=O)O)C(=O)N(C)C(=O)N(c3cccc(Cl)c3)C2N)cc1OC(C)=O. The van der Waals surface area contributed by atoms with Crippen LogP contribution in [-0.4, -0.2) is 53.2 Å². The monoisotopic (exact) mass is 504 g/mol. The first-order valence-electron chi connectivity index (χ1n) is 10.0. The quantitative estimate of drug-likeness (QED) is 0.407. The molecule has 2 unspecified atom stereocenters. The number of likely N-dealkylation sites (N-methyl/N-ethyl adjacent to an activating group) is 1. The predicted octanol–water partition coefficient (Wildman–Crippen LogP) is 2.04. The van der Waals surface area contributed by atoms with Crippen LogP contribution < -0.4 is 25.4 Å². The second kappa shape index (κ2) is 9.60. The van der Waals surface area contributed by atoms with Crippen LogP contribution in [0.3, 0.4) is 0 Å². The molecule has 1 saturated heterocycles. The largest absolute Gasteiger partial charge is 0.465 e. The number of esters is 2. The highest BCUT2D eigenvalue weighted by molar-refractivity contribution is 6.31. The molecule has 0 radical (unpaired) electrons. The van der Waals surface area contributed by atoms with Crippen molar-refractivity contribution in [1.29, 1.82) is 0 Å². The van der Waals surface area contributed by atoms with Gasteiger partial charge in [-0.25, -0.2) is 9.59 Å². The van der Waals surface area contributed by atoms with Crippen LogP contribution in [0.4, 0.5) is 15.3 Å². The van der Waals surface area contributed by atoms with Crippen molar-refractivity contribution in [3.8, 4) is 11.5 Å². The van der Waals surface area contributed by atoms with Crippen LogP contribution in [0.5, 0.6) is 11.5 Å². The Bertz CT molecular complexity index is 1240. The number of anilines is 1. The highest BCUT2D eigenvalue weighted by Crippen LogP contribution is 2.40. The maximum atomic E-state index is 13.5. The number of nitrogens with two attached hydrogens (primary N) is 1. The number of rotatable bonds is 5. The van der Waals surface area contributed by atoms with Crippen molar-refractivity contribution in [2.24, 2.45) is 5.73 Å². The third-order valence-electron chi connectivity index (χ3n) is 5.15. The minimum Gasteiger partial charge on any atom is -0.465 e. The molecule has 0 bridgehead atoms. The molecule has 12 nitrogen and oxygen atoms in total. The zero-order chi connectivity index (χ0) is 26.1. The lowest BCUT2D eigenvalue weighted by Crippen LogP contribution is -2.76. The van der Waals surface area contributed by atoms with Crippen molar-refractivity contribution in [1.82, 2.24) is 10.2 Å². The molecule has 1 aliphatic heterocycles. The Labute approximate surface area is 204 Å². The molecule has 0 spiro atoms. The van der Waals surface area contributed by atoms with E-state index >= 15 is 0 Å². The number of imide groups is 1. The van der Waals surface area contributed by atoms with Gasteiger partial charge in [-0.3, -0.25) is 24.2 Å². The number of carboxylic acid groups (broad SMARTS) is 1. The lowest BCUT2D eigenvalue weighted by atomic mass is 9.82. The Morgan fingerprint density at radius 1 is 1.06 bits per heavy atom. The summed E-state index contributed by atoms with van der Waals surface area (Å²) in [4.78, 5) is 63.3. The summed E-state index contributed by atoms with van der Waals surface area (Å²) in [6.45, 7) is 2.23. The maximum absolute atomic E-state index is 13.5. The van der Waals surface area contributed by atoms with Gasteiger partial charge in [0, 0.05) is 31.6 Å². The van der Waals surface area contributed by atoms with Crippen LogP contribution in [0, 0.1) is 0 Å². The van der Waals surface area contributed by atoms with Crippen molar-refractivity contribution < 1.29 is 38.6 Å². The van der Waals surface area contributed by atoms with Gasteiger partial charge in [0.25, 0.3) is 5.91 Å². The number of halogens is 1. The van der Waals surface area contributed by atoms with E-state index in [0.717, 1.165) is 31.9 Å². The second-order valence-electron chi connectivity index (χ2n) is 7.53. The summed E-state index contributed by atoms with van der Waals surface area (Å²) < 4.78 is 10.2. The van der Waals surface area contributed by atoms with E-state index in [1.807, 2.05) is 0 Å². The van der Waals surface area contributed by atoms with E-state index in [9.17, 15) is 29.1 Å². The maximum Gasteiger partial charge on any atom is 0.405 e. The third kappa shape index (κ3) is 4.74. The number of nitrogens with zero attached hydrogens (tertiary/aromatic N) is 2. The fourth-order valence-corrected chi connectivity index (χ4v) is 3.92. The fourth-order valence-electron chi connectivity index (χ4n) is 3.74. The van der Waals surface area contributed by atoms with Gasteiger partial charge in [-0.2, -0.15) is 0 Å². The van der Waals surface area contributed by atoms with Crippen LogP contribution in [0.1, 0.15) is 19.4 Å². The Hall–Kier alpha value is -4.16. The van der Waals surface area contributed by atoms with Crippen molar-refractivity contribution in [3.63, 3.8) is 0 Å². The number of benzene rings is 2. The van der Waals surface area contributed by atoms with Gasteiger partial charge in [-0.05, 0) is 35.9 Å². The average molecular weight is 505 g/mol. The van der Waals surface area contributed by atoms with Crippen molar-refractivity contribution in [2.75, 3.05) is 11.9 Å². The van der Waals surface area contributed by atoms with Gasteiger partial charge in [0.1, 0.15) is 6.17 Å². The molecule has 4 amide bonds. The lowest BCUT2D eigenvalue weighted by molar-refractivity contribution is -0.137. The molecule has 1 heterocycles. The van der Waals surface area contributed by atoms with Gasteiger partial charge in [0.05, 0.1) is 0 Å². The number of ether oxygens (including phenoxy) is 2. The standard InChI is InChI=1S/C22H21ClN4O8/c1-11(28)34-16-8-7-13(9-17(16)35-12(2)29)22(25-20(31)32)18(24)27(21(33)26(3)19(22)30)15-6-4-5-14(23)10-15/h4-10,18,25H,24H2,1-3H3,(H,31,32). The van der Waals surface area contributed by atoms with E-state index in [1.165, 1.54) is 24.3 Å². The van der Waals surface area contributed by atoms with E-state index in [1.54, 1.807) is 12.1 Å². The molecule has 3 rings (SSSR count). The van der Waals surface area contributed by atoms with E-state index in [4.69, 9.17) is 26.8 Å². The summed E-state index contributed by atoms with van der Waals surface area (Å²) in [5, 5.41) is 12.1. The van der Waals surface area contributed by atoms with Crippen LogP contribution in [-0.2, 0) is 19.9 Å². The number of hydrogen-bond acceptors (Lipinski definition) is 8. The summed E-state index contributed by atoms with van der Waals surface area (Å²) in [5.74, 6) is -2.92. The fraction of sp³-hybridized carbons (Fsp3) is 0.227. The molecule has 13 heteroatoms. The number of carbonyl (C=O) groups is 5. The first kappa shape index (κ1) is 25.5. The normalized spacial score (nSPS) is 19.9. The van der Waals surface area contributed by atoms with Crippen molar-refractivity contribution in [2.45, 2.75) is 25.6 Å². The number of nitrogens with one attached hydrogen (secondary N) is 1. The third-order valence-corrected chi connectivity index (χ3v) is 5.39. The zero-order valence-electron chi connectivity index (χ0n) is 18.8. The molecule has 0 saturated carbocycles. The predicted molar refractivity (Wildman–Crippen MR) is 122 cm³/mol. The van der Waals surface area contributed by atoms with Gasteiger partial charge in [-0.15, -0.1) is 0 Å². The average Bonchev–Trinajstić information content (AvgIpc) is 2.76. The Kier molecular flexibility index (Phi) is 6.99. The zero-order valence-corrected chi connectivity index (χ0v) is 19.5. The summed E-state index contributed by atoms with van der Waals surface area (Å²) in [7, 11) is 1.16. The van der Waals surface area contributed by atoms with Gasteiger partial charge < -0.3 is 25.6 Å². The van der Waals surface area contributed by atoms with Gasteiger partial charge >= 0.3 is 24.1 Å². The lowest BCUT2D eigenvalue weighted by Gasteiger charge is -2.49. The summed E-state index contributed by atoms with van der Waals surface area (Å²) >= 11 is 6.07. The summed E-state index contributed by atoms with van der Waals surface area (Å²) in [6, 6.07) is 8.81. The molecule has 2 aromatic carbocycles. The molecule has 4 N–H and O–H groups in total. The van der Waals surface area contributed by atoms with Crippen LogP contribution in [0.15, 0.2) is 42.5 Å². The smallest absolute Gasteiger partial charge is 0.405 e. The Balaban J connectivity index is 2.28. The number of urea groups is 1. The molecule has 0 aromatic heterocycles. The molecule has 184 valence electrons.